The number of hydrogen-bond donors (Lipinski definition) is 1. The molecule has 0 bridgehead atoms. The third kappa shape index (κ3) is 6.94. The van der Waals surface area contributed by atoms with Gasteiger partial charge in [-0.05, 0) is 57.1 Å². The van der Waals surface area contributed by atoms with Crippen LogP contribution >= 0.6 is 11.8 Å². The number of thioether (sulfide) groups is 1. The van der Waals surface area contributed by atoms with Crippen molar-refractivity contribution in [2.24, 2.45) is 0 Å². The average molecular weight is 542 g/mol. The summed E-state index contributed by atoms with van der Waals surface area (Å²) in [6.07, 6.45) is 5.33. The van der Waals surface area contributed by atoms with E-state index >= 15 is 0 Å². The maximum Gasteiger partial charge on any atom is 0.407 e. The first kappa shape index (κ1) is 27.1. The highest BCUT2D eigenvalue weighted by Gasteiger charge is 2.23. The molecule has 7 nitrogen and oxygen atoms in total. The highest BCUT2D eigenvalue weighted by atomic mass is 32.2. The molecule has 1 amide bonds. The van der Waals surface area contributed by atoms with Gasteiger partial charge >= 0.3 is 6.09 Å². The predicted molar refractivity (Wildman–Crippen MR) is 158 cm³/mol. The van der Waals surface area contributed by atoms with Gasteiger partial charge in [0.1, 0.15) is 5.60 Å². The van der Waals surface area contributed by atoms with Gasteiger partial charge in [-0.2, -0.15) is 0 Å². The van der Waals surface area contributed by atoms with E-state index in [1.54, 1.807) is 0 Å². The minimum absolute atomic E-state index is 0.157. The minimum atomic E-state index is -0.480. The van der Waals surface area contributed by atoms with Gasteiger partial charge in [-0.15, -0.1) is 0 Å². The summed E-state index contributed by atoms with van der Waals surface area (Å²) in [5.41, 5.74) is 5.64. The minimum Gasteiger partial charge on any atom is -0.444 e. The molecular weight excluding hydrogens is 506 g/mol. The Morgan fingerprint density at radius 3 is 2.41 bits per heavy atom. The zero-order valence-electron chi connectivity index (χ0n) is 23.0. The van der Waals surface area contributed by atoms with Crippen LogP contribution in [0.15, 0.2) is 72.0 Å². The number of carbonyl (C=O) groups excluding carboxylic acids is 1. The van der Waals surface area contributed by atoms with Gasteiger partial charge in [0.25, 0.3) is 0 Å². The van der Waals surface area contributed by atoms with Gasteiger partial charge in [0, 0.05) is 48.4 Å². The van der Waals surface area contributed by atoms with Crippen molar-refractivity contribution in [3.8, 4) is 22.4 Å². The quantitative estimate of drug-likeness (QED) is 0.218. The van der Waals surface area contributed by atoms with E-state index in [1.807, 2.05) is 51.4 Å². The first-order chi connectivity index (χ1) is 18.8. The predicted octanol–water partition coefficient (Wildman–Crippen LogP) is 6.57. The Labute approximate surface area is 234 Å². The molecule has 2 aromatic heterocycles. The number of ether oxygens (including phenoxy) is 1. The number of piperidine rings is 1. The third-order valence-corrected chi connectivity index (χ3v) is 7.32. The van der Waals surface area contributed by atoms with Crippen LogP contribution in [-0.2, 0) is 11.3 Å². The Bertz CT molecular complexity index is 1430. The molecule has 1 fully saturated rings. The summed E-state index contributed by atoms with van der Waals surface area (Å²) in [5.74, 6) is 0. The molecule has 0 unspecified atom stereocenters. The zero-order chi connectivity index (χ0) is 27.4. The second kappa shape index (κ2) is 11.7. The molecule has 202 valence electrons. The maximum atomic E-state index is 12.1. The molecular formula is C31H35N5O2S. The van der Waals surface area contributed by atoms with E-state index in [9.17, 15) is 4.79 Å². The molecule has 5 rings (SSSR count). The summed E-state index contributed by atoms with van der Waals surface area (Å²) in [6, 6.07) is 21.3. The second-order valence-corrected chi connectivity index (χ2v) is 11.7. The van der Waals surface area contributed by atoms with Crippen molar-refractivity contribution in [3.05, 3.63) is 72.4 Å². The average Bonchev–Trinajstić information content (AvgIpc) is 2.93. The number of alkyl carbamates (subject to hydrolysis) is 1. The fourth-order valence-corrected chi connectivity index (χ4v) is 5.18. The molecule has 8 heteroatoms. The van der Waals surface area contributed by atoms with Gasteiger partial charge in [-0.25, -0.2) is 19.7 Å². The Balaban J connectivity index is 1.30. The van der Waals surface area contributed by atoms with Crippen LogP contribution in [0.5, 0.6) is 0 Å². The van der Waals surface area contributed by atoms with E-state index in [4.69, 9.17) is 9.72 Å². The lowest BCUT2D eigenvalue weighted by molar-refractivity contribution is 0.0477. The highest BCUT2D eigenvalue weighted by Crippen LogP contribution is 2.33. The summed E-state index contributed by atoms with van der Waals surface area (Å²) in [6.45, 7) is 8.40. The number of nitrogens with zero attached hydrogens (tertiary/aromatic N) is 4. The fraction of sp³-hybridized carbons (Fsp3) is 0.355. The lowest BCUT2D eigenvalue weighted by atomic mass is 9.97. The molecule has 1 aliphatic heterocycles. The maximum absolute atomic E-state index is 12.1. The normalized spacial score (nSPS) is 14.9. The summed E-state index contributed by atoms with van der Waals surface area (Å²) < 4.78 is 5.41. The molecule has 1 N–H and O–H groups in total. The van der Waals surface area contributed by atoms with Crippen molar-refractivity contribution >= 4 is 28.9 Å². The Morgan fingerprint density at radius 2 is 1.74 bits per heavy atom. The summed E-state index contributed by atoms with van der Waals surface area (Å²) >= 11 is 1.52. The van der Waals surface area contributed by atoms with Gasteiger partial charge in [-0.1, -0.05) is 66.4 Å². The third-order valence-electron chi connectivity index (χ3n) is 6.76. The van der Waals surface area contributed by atoms with Crippen LogP contribution in [0.3, 0.4) is 0 Å². The van der Waals surface area contributed by atoms with E-state index in [1.165, 1.54) is 17.3 Å². The van der Waals surface area contributed by atoms with E-state index in [0.717, 1.165) is 60.2 Å². The highest BCUT2D eigenvalue weighted by molar-refractivity contribution is 7.98. The molecule has 0 spiro atoms. The fourth-order valence-electron chi connectivity index (χ4n) is 4.84. The molecule has 39 heavy (non-hydrogen) atoms. The number of nitrogens with one attached hydrogen (secondary N) is 1. The van der Waals surface area contributed by atoms with E-state index < -0.39 is 5.60 Å². The number of rotatable bonds is 6. The number of fused-ring (bicyclic) bond motifs is 1. The molecule has 3 heterocycles. The lowest BCUT2D eigenvalue weighted by Gasteiger charge is -2.32. The molecule has 0 atom stereocenters. The van der Waals surface area contributed by atoms with Crippen molar-refractivity contribution in [3.63, 3.8) is 0 Å². The van der Waals surface area contributed by atoms with Gasteiger partial charge in [0.2, 0.25) is 0 Å². The van der Waals surface area contributed by atoms with Crippen LogP contribution in [0.2, 0.25) is 0 Å². The van der Waals surface area contributed by atoms with E-state index in [-0.39, 0.29) is 12.1 Å². The molecule has 1 saturated heterocycles. The van der Waals surface area contributed by atoms with E-state index in [0.29, 0.717) is 10.8 Å². The molecule has 4 aromatic rings. The van der Waals surface area contributed by atoms with Gasteiger partial charge in [0.05, 0.1) is 5.69 Å². The summed E-state index contributed by atoms with van der Waals surface area (Å²) in [4.78, 5) is 28.6. The summed E-state index contributed by atoms with van der Waals surface area (Å²) in [5, 5.41) is 4.66. The van der Waals surface area contributed by atoms with Crippen molar-refractivity contribution < 1.29 is 9.53 Å². The Kier molecular flexibility index (Phi) is 8.14. The Morgan fingerprint density at radius 1 is 1.03 bits per heavy atom. The zero-order valence-corrected chi connectivity index (χ0v) is 23.8. The first-order valence-electron chi connectivity index (χ1n) is 13.4. The first-order valence-corrected chi connectivity index (χ1v) is 14.6. The van der Waals surface area contributed by atoms with Gasteiger partial charge in [-0.3, -0.25) is 4.90 Å². The summed E-state index contributed by atoms with van der Waals surface area (Å²) in [7, 11) is 0. The number of aromatic nitrogens is 3. The van der Waals surface area contributed by atoms with Crippen LogP contribution in [0, 0.1) is 0 Å². The standard InChI is InChI=1S/C31H35N5O2S/c1-31(2,3)38-30(37)33-25-14-16-36(17-15-25)20-21-10-12-23(13-11-21)27-26(22-8-6-5-7-9-22)18-24-19-32-29(39-4)35-28(24)34-27/h5-13,18-19,25H,14-17,20H2,1-4H3,(H,33,37). The number of hydrogen-bond acceptors (Lipinski definition) is 7. The van der Waals surface area contributed by atoms with Gasteiger partial charge < -0.3 is 10.1 Å². The van der Waals surface area contributed by atoms with Crippen molar-refractivity contribution in [1.29, 1.82) is 0 Å². The van der Waals surface area contributed by atoms with Crippen LogP contribution in [0.4, 0.5) is 4.79 Å². The number of likely N-dealkylation sites (tertiary alicyclic amines) is 1. The molecule has 1 aliphatic rings. The van der Waals surface area contributed by atoms with Crippen molar-refractivity contribution in [2.75, 3.05) is 19.3 Å². The molecule has 2 aromatic carbocycles. The smallest absolute Gasteiger partial charge is 0.407 e. The SMILES string of the molecule is CSc1ncc2cc(-c3ccccc3)c(-c3ccc(CN4CCC(NC(=O)OC(C)(C)C)CC4)cc3)nc2n1. The lowest BCUT2D eigenvalue weighted by Crippen LogP contribution is -2.45. The number of benzene rings is 2. The van der Waals surface area contributed by atoms with Gasteiger partial charge in [0.15, 0.2) is 10.8 Å². The topological polar surface area (TPSA) is 80.2 Å². The van der Waals surface area contributed by atoms with Crippen LogP contribution in [0.25, 0.3) is 33.4 Å². The number of amides is 1. The second-order valence-electron chi connectivity index (χ2n) is 10.9. The molecule has 0 radical (unpaired) electrons. The number of pyridine rings is 1. The van der Waals surface area contributed by atoms with Crippen LogP contribution in [0.1, 0.15) is 39.2 Å². The van der Waals surface area contributed by atoms with E-state index in [2.05, 4.69) is 62.6 Å². The van der Waals surface area contributed by atoms with Crippen molar-refractivity contribution in [1.82, 2.24) is 25.2 Å². The largest absolute Gasteiger partial charge is 0.444 e. The van der Waals surface area contributed by atoms with Crippen LogP contribution < -0.4 is 5.32 Å². The monoisotopic (exact) mass is 541 g/mol. The van der Waals surface area contributed by atoms with Crippen LogP contribution in [-0.4, -0.2) is 56.9 Å². The Hall–Kier alpha value is -3.49. The number of carbonyl (C=O) groups is 1. The van der Waals surface area contributed by atoms with Crippen molar-refractivity contribution in [2.45, 2.75) is 57.0 Å². The molecule has 0 saturated carbocycles. The molecule has 0 aliphatic carbocycles.